The van der Waals surface area contributed by atoms with Gasteiger partial charge in [-0.15, -0.1) is 0 Å². The maximum absolute atomic E-state index is 11.8. The van der Waals surface area contributed by atoms with Gasteiger partial charge in [0.25, 0.3) is 0 Å². The second kappa shape index (κ2) is 8.36. The summed E-state index contributed by atoms with van der Waals surface area (Å²) in [7, 11) is 0. The summed E-state index contributed by atoms with van der Waals surface area (Å²) >= 11 is 1.80. The predicted molar refractivity (Wildman–Crippen MR) is 98.7 cm³/mol. The lowest BCUT2D eigenvalue weighted by molar-refractivity contribution is -0.116. The summed E-state index contributed by atoms with van der Waals surface area (Å²) in [6, 6.07) is 17.8. The summed E-state index contributed by atoms with van der Waals surface area (Å²) in [6.07, 6.45) is 3.04. The van der Waals surface area contributed by atoms with Gasteiger partial charge in [-0.05, 0) is 17.7 Å². The fourth-order valence-electron chi connectivity index (χ4n) is 2.18. The molecule has 2 aromatic carbocycles. The second-order valence-electron chi connectivity index (χ2n) is 5.18. The van der Waals surface area contributed by atoms with Crippen molar-refractivity contribution in [3.8, 4) is 0 Å². The van der Waals surface area contributed by atoms with Gasteiger partial charge in [0.1, 0.15) is 5.52 Å². The molecule has 1 amide bonds. The number of aromatic nitrogens is 1. The van der Waals surface area contributed by atoms with Crippen molar-refractivity contribution in [1.82, 2.24) is 10.3 Å². The highest BCUT2D eigenvalue weighted by Crippen LogP contribution is 2.15. The zero-order valence-corrected chi connectivity index (χ0v) is 14.0. The van der Waals surface area contributed by atoms with E-state index >= 15 is 0 Å². The van der Waals surface area contributed by atoms with Crippen LogP contribution in [0, 0.1) is 0 Å². The lowest BCUT2D eigenvalue weighted by Crippen LogP contribution is -2.23. The van der Waals surface area contributed by atoms with E-state index in [2.05, 4.69) is 22.4 Å². The molecule has 0 spiro atoms. The van der Waals surface area contributed by atoms with Crippen molar-refractivity contribution in [3.63, 3.8) is 0 Å². The average molecular weight is 338 g/mol. The molecule has 0 saturated heterocycles. The molecule has 0 aliphatic carbocycles. The van der Waals surface area contributed by atoms with E-state index in [0.717, 1.165) is 22.6 Å². The van der Waals surface area contributed by atoms with Gasteiger partial charge in [0, 0.05) is 30.2 Å². The van der Waals surface area contributed by atoms with E-state index in [-0.39, 0.29) is 5.91 Å². The lowest BCUT2D eigenvalue weighted by Gasteiger charge is -2.02. The molecule has 0 radical (unpaired) electrons. The Bertz CT molecular complexity index is 795. The van der Waals surface area contributed by atoms with E-state index in [4.69, 9.17) is 4.42 Å². The topological polar surface area (TPSA) is 55.1 Å². The Morgan fingerprint density at radius 3 is 2.75 bits per heavy atom. The van der Waals surface area contributed by atoms with Crippen molar-refractivity contribution in [1.29, 1.82) is 0 Å². The number of hydrogen-bond donors (Lipinski definition) is 1. The Hall–Kier alpha value is -2.53. The van der Waals surface area contributed by atoms with Gasteiger partial charge in [-0.2, -0.15) is 11.8 Å². The minimum atomic E-state index is -0.141. The minimum Gasteiger partial charge on any atom is -0.437 e. The van der Waals surface area contributed by atoms with Crippen LogP contribution in [-0.2, 0) is 10.5 Å². The summed E-state index contributed by atoms with van der Waals surface area (Å²) in [4.78, 5) is 16.1. The van der Waals surface area contributed by atoms with Gasteiger partial charge in [-0.3, -0.25) is 4.79 Å². The van der Waals surface area contributed by atoms with Crippen LogP contribution in [0.15, 0.2) is 65.1 Å². The molecule has 1 heterocycles. The van der Waals surface area contributed by atoms with E-state index in [0.29, 0.717) is 12.4 Å². The highest BCUT2D eigenvalue weighted by molar-refractivity contribution is 7.98. The number of amides is 1. The quantitative estimate of drug-likeness (QED) is 0.524. The van der Waals surface area contributed by atoms with E-state index in [1.165, 1.54) is 11.6 Å². The Balaban J connectivity index is 1.39. The zero-order chi connectivity index (χ0) is 16.6. The number of benzene rings is 2. The molecule has 0 unspecified atom stereocenters. The molecule has 0 aliphatic heterocycles. The van der Waals surface area contributed by atoms with Gasteiger partial charge >= 0.3 is 0 Å². The Morgan fingerprint density at radius 2 is 1.92 bits per heavy atom. The van der Waals surface area contributed by atoms with Crippen molar-refractivity contribution >= 4 is 34.8 Å². The van der Waals surface area contributed by atoms with Gasteiger partial charge in [-0.25, -0.2) is 4.98 Å². The molecule has 1 aromatic heterocycles. The number of carbonyl (C=O) groups is 1. The van der Waals surface area contributed by atoms with Crippen LogP contribution in [0.4, 0.5) is 0 Å². The number of hydrogen-bond acceptors (Lipinski definition) is 4. The van der Waals surface area contributed by atoms with Crippen LogP contribution in [0.3, 0.4) is 0 Å². The first-order valence-electron chi connectivity index (χ1n) is 7.74. The first-order chi connectivity index (χ1) is 11.8. The van der Waals surface area contributed by atoms with E-state index in [9.17, 15) is 4.79 Å². The first-order valence-corrected chi connectivity index (χ1v) is 8.90. The third kappa shape index (κ3) is 4.73. The summed E-state index contributed by atoms with van der Waals surface area (Å²) < 4.78 is 5.53. The largest absolute Gasteiger partial charge is 0.437 e. The van der Waals surface area contributed by atoms with Crippen LogP contribution < -0.4 is 5.32 Å². The monoisotopic (exact) mass is 338 g/mol. The molecule has 0 atom stereocenters. The van der Waals surface area contributed by atoms with Gasteiger partial charge in [0.05, 0.1) is 0 Å². The van der Waals surface area contributed by atoms with Gasteiger partial charge in [0.2, 0.25) is 11.8 Å². The fraction of sp³-hybridized carbons (Fsp3) is 0.158. The SMILES string of the molecule is O=C(/C=C/c1nc2ccccc2o1)NCCSCc1ccccc1. The number of oxazole rings is 1. The third-order valence-corrected chi connectivity index (χ3v) is 4.38. The summed E-state index contributed by atoms with van der Waals surface area (Å²) in [5.41, 5.74) is 2.80. The molecule has 0 bridgehead atoms. The molecule has 0 aliphatic rings. The van der Waals surface area contributed by atoms with Crippen LogP contribution in [0.2, 0.25) is 0 Å². The van der Waals surface area contributed by atoms with E-state index in [1.807, 2.05) is 42.5 Å². The second-order valence-corrected chi connectivity index (χ2v) is 6.29. The number of rotatable bonds is 7. The number of nitrogens with zero attached hydrogens (tertiary/aromatic N) is 1. The average Bonchev–Trinajstić information content (AvgIpc) is 3.03. The molecule has 0 saturated carbocycles. The molecule has 0 fully saturated rings. The highest BCUT2D eigenvalue weighted by atomic mass is 32.2. The number of thioether (sulfide) groups is 1. The van der Waals surface area contributed by atoms with Crippen LogP contribution in [0.25, 0.3) is 17.2 Å². The molecule has 4 nitrogen and oxygen atoms in total. The number of carbonyl (C=O) groups excluding carboxylic acids is 1. The number of fused-ring (bicyclic) bond motifs is 1. The maximum Gasteiger partial charge on any atom is 0.244 e. The van der Waals surface area contributed by atoms with Crippen molar-refractivity contribution in [3.05, 3.63) is 72.1 Å². The summed E-state index contributed by atoms with van der Waals surface area (Å²) in [6.45, 7) is 0.633. The van der Waals surface area contributed by atoms with Crippen molar-refractivity contribution in [2.45, 2.75) is 5.75 Å². The molecule has 3 rings (SSSR count). The van der Waals surface area contributed by atoms with Crippen LogP contribution in [0.5, 0.6) is 0 Å². The maximum atomic E-state index is 11.8. The molecule has 5 heteroatoms. The Labute approximate surface area is 145 Å². The van der Waals surface area contributed by atoms with Crippen molar-refractivity contribution in [2.75, 3.05) is 12.3 Å². The molecule has 1 N–H and O–H groups in total. The standard InChI is InChI=1S/C19H18N2O2S/c22-18(20-12-13-24-14-15-6-2-1-3-7-15)10-11-19-21-16-8-4-5-9-17(16)23-19/h1-11H,12-14H2,(H,20,22)/b11-10+. The Kier molecular flexibility index (Phi) is 5.69. The number of nitrogens with one attached hydrogen (secondary N) is 1. The molecular formula is C19H18N2O2S. The third-order valence-electron chi connectivity index (χ3n) is 3.34. The Morgan fingerprint density at radius 1 is 1.12 bits per heavy atom. The number of para-hydroxylation sites is 2. The minimum absolute atomic E-state index is 0.141. The lowest BCUT2D eigenvalue weighted by atomic mass is 10.2. The van der Waals surface area contributed by atoms with Crippen LogP contribution >= 0.6 is 11.8 Å². The van der Waals surface area contributed by atoms with Gasteiger partial charge < -0.3 is 9.73 Å². The van der Waals surface area contributed by atoms with Crippen molar-refractivity contribution < 1.29 is 9.21 Å². The van der Waals surface area contributed by atoms with E-state index in [1.54, 1.807) is 17.8 Å². The molecular weight excluding hydrogens is 320 g/mol. The highest BCUT2D eigenvalue weighted by Gasteiger charge is 2.02. The van der Waals surface area contributed by atoms with E-state index < -0.39 is 0 Å². The van der Waals surface area contributed by atoms with Crippen molar-refractivity contribution in [2.24, 2.45) is 0 Å². The fourth-order valence-corrected chi connectivity index (χ4v) is 3.00. The smallest absolute Gasteiger partial charge is 0.244 e. The first kappa shape index (κ1) is 16.3. The summed E-state index contributed by atoms with van der Waals surface area (Å²) in [5, 5.41) is 2.86. The molecule has 24 heavy (non-hydrogen) atoms. The van der Waals surface area contributed by atoms with Crippen LogP contribution in [-0.4, -0.2) is 23.2 Å². The van der Waals surface area contributed by atoms with Gasteiger partial charge in [0.15, 0.2) is 5.58 Å². The molecule has 122 valence electrons. The van der Waals surface area contributed by atoms with Crippen LogP contribution in [0.1, 0.15) is 11.5 Å². The normalized spacial score (nSPS) is 11.2. The zero-order valence-electron chi connectivity index (χ0n) is 13.1. The van der Waals surface area contributed by atoms with Gasteiger partial charge in [-0.1, -0.05) is 42.5 Å². The predicted octanol–water partition coefficient (Wildman–Crippen LogP) is 3.89. The summed E-state index contributed by atoms with van der Waals surface area (Å²) in [5.74, 6) is 2.12. The molecule has 3 aromatic rings.